The van der Waals surface area contributed by atoms with E-state index >= 15 is 0 Å². The summed E-state index contributed by atoms with van der Waals surface area (Å²) >= 11 is 0. The molecule has 1 atom stereocenters. The number of hydrogen-bond donors (Lipinski definition) is 3. The van der Waals surface area contributed by atoms with Crippen LogP contribution >= 0.6 is 0 Å². The Morgan fingerprint density at radius 1 is 0.838 bits per heavy atom. The molecule has 0 aliphatic carbocycles. The monoisotopic (exact) mass is 549 g/mol. The minimum atomic E-state index is -4.91. The number of rotatable bonds is 25. The van der Waals surface area contributed by atoms with Crippen LogP contribution in [0.3, 0.4) is 0 Å². The van der Waals surface area contributed by atoms with E-state index in [-0.39, 0.29) is 25.7 Å². The number of carboxylic acid groups (broad SMARTS) is 1. The highest BCUT2D eigenvalue weighted by Crippen LogP contribution is 2.10. The maximum absolute atomic E-state index is 11.8. The topological polar surface area (TPSA) is 156 Å². The lowest BCUT2D eigenvalue weighted by molar-refractivity contribution is -0.148. The van der Waals surface area contributed by atoms with Crippen LogP contribution in [0.4, 0.5) is 0 Å². The van der Waals surface area contributed by atoms with Gasteiger partial charge in [-0.1, -0.05) is 70.4 Å². The summed E-state index contributed by atoms with van der Waals surface area (Å²) in [5.74, 6) is -2.97. The van der Waals surface area contributed by atoms with Gasteiger partial charge in [0, 0.05) is 13.0 Å². The minimum absolute atomic E-state index is 0.000536. The van der Waals surface area contributed by atoms with Crippen molar-refractivity contribution in [2.24, 2.45) is 0 Å². The van der Waals surface area contributed by atoms with E-state index in [0.29, 0.717) is 13.0 Å². The average molecular weight is 550 g/mol. The van der Waals surface area contributed by atoms with Gasteiger partial charge in [0.1, 0.15) is 6.61 Å². The Morgan fingerprint density at radius 2 is 1.41 bits per heavy atom. The molecule has 0 saturated heterocycles. The summed E-state index contributed by atoms with van der Waals surface area (Å²) in [6, 6.07) is 0. The Labute approximate surface area is 222 Å². The van der Waals surface area contributed by atoms with E-state index in [1.165, 1.54) is 57.8 Å². The molecule has 0 rings (SSSR count). The summed E-state index contributed by atoms with van der Waals surface area (Å²) in [5, 5.41) is 9.21. The fourth-order valence-electron chi connectivity index (χ4n) is 3.55. The lowest BCUT2D eigenvalue weighted by Crippen LogP contribution is -2.33. The van der Waals surface area contributed by atoms with E-state index in [0.717, 1.165) is 25.7 Å². The molecule has 0 heterocycles. The molecular formula is C26H47NO9S. The van der Waals surface area contributed by atoms with Gasteiger partial charge in [-0.3, -0.25) is 18.9 Å². The van der Waals surface area contributed by atoms with Crippen molar-refractivity contribution in [3.8, 4) is 0 Å². The first-order chi connectivity index (χ1) is 17.7. The quantitative estimate of drug-likeness (QED) is 0.0648. The smallest absolute Gasteiger partial charge is 0.325 e. The Hall–Kier alpha value is -1.98. The molecular weight excluding hydrogens is 502 g/mol. The van der Waals surface area contributed by atoms with Gasteiger partial charge < -0.3 is 19.9 Å². The van der Waals surface area contributed by atoms with E-state index in [2.05, 4.69) is 29.1 Å². The minimum Gasteiger partial charge on any atom is -0.480 e. The third-order valence-electron chi connectivity index (χ3n) is 5.71. The highest BCUT2D eigenvalue weighted by atomic mass is 32.2. The summed E-state index contributed by atoms with van der Waals surface area (Å²) in [6.45, 7) is 2.54. The molecule has 0 aromatic carbocycles. The molecule has 37 heavy (non-hydrogen) atoms. The van der Waals surface area contributed by atoms with Crippen molar-refractivity contribution < 1.29 is 41.9 Å². The largest absolute Gasteiger partial charge is 0.480 e. The Morgan fingerprint density at radius 3 is 1.97 bits per heavy atom. The highest BCUT2D eigenvalue weighted by molar-refractivity contribution is 7.87. The predicted molar refractivity (Wildman–Crippen MR) is 142 cm³/mol. The summed E-state index contributed by atoms with van der Waals surface area (Å²) in [6.07, 6.45) is 19.7. The lowest BCUT2D eigenvalue weighted by atomic mass is 10.1. The predicted octanol–water partition coefficient (Wildman–Crippen LogP) is 4.43. The first-order valence-corrected chi connectivity index (χ1v) is 15.0. The van der Waals surface area contributed by atoms with E-state index in [1.807, 2.05) is 0 Å². The van der Waals surface area contributed by atoms with Gasteiger partial charge in [-0.15, -0.1) is 0 Å². The second-order valence-corrected chi connectivity index (χ2v) is 10.7. The first kappa shape index (κ1) is 35.0. The van der Waals surface area contributed by atoms with E-state index in [1.54, 1.807) is 0 Å². The number of esters is 1. The molecule has 0 aliphatic heterocycles. The number of hydrogen-bond acceptors (Lipinski definition) is 7. The van der Waals surface area contributed by atoms with Crippen LogP contribution < -0.4 is 5.32 Å². The fourth-order valence-corrected chi connectivity index (χ4v) is 4.16. The average Bonchev–Trinajstić information content (AvgIpc) is 2.83. The third-order valence-corrected chi connectivity index (χ3v) is 6.80. The molecule has 3 N–H and O–H groups in total. The van der Waals surface area contributed by atoms with Gasteiger partial charge in [-0.25, -0.2) is 0 Å². The van der Waals surface area contributed by atoms with Crippen LogP contribution in [0.25, 0.3) is 0 Å². The molecule has 10 nitrogen and oxygen atoms in total. The summed E-state index contributed by atoms with van der Waals surface area (Å²) in [7, 11) is -4.91. The van der Waals surface area contributed by atoms with Crippen molar-refractivity contribution in [3.63, 3.8) is 0 Å². The van der Waals surface area contributed by atoms with Crippen molar-refractivity contribution in [1.82, 2.24) is 5.32 Å². The second kappa shape index (κ2) is 23.2. The molecule has 0 aliphatic rings. The highest BCUT2D eigenvalue weighted by Gasteiger charge is 2.33. The number of amides is 1. The van der Waals surface area contributed by atoms with Crippen LogP contribution in [0.5, 0.6) is 0 Å². The van der Waals surface area contributed by atoms with Gasteiger partial charge in [0.2, 0.25) is 5.91 Å². The van der Waals surface area contributed by atoms with Gasteiger partial charge in [0.05, 0.1) is 19.6 Å². The van der Waals surface area contributed by atoms with E-state index < -0.39 is 33.7 Å². The zero-order valence-corrected chi connectivity index (χ0v) is 23.1. The van der Waals surface area contributed by atoms with Crippen molar-refractivity contribution in [3.05, 3.63) is 12.2 Å². The molecule has 0 radical (unpaired) electrons. The van der Waals surface area contributed by atoms with Crippen LogP contribution in [-0.4, -0.2) is 67.5 Å². The van der Waals surface area contributed by atoms with E-state index in [9.17, 15) is 22.8 Å². The van der Waals surface area contributed by atoms with Crippen LogP contribution in [-0.2, 0) is 34.0 Å². The molecule has 0 aromatic rings. The maximum Gasteiger partial charge on any atom is 0.325 e. The van der Waals surface area contributed by atoms with Gasteiger partial charge >= 0.3 is 11.9 Å². The number of nitrogens with one attached hydrogen (secondary N) is 1. The van der Waals surface area contributed by atoms with Crippen LogP contribution in [0.2, 0.25) is 0 Å². The number of aliphatic carboxylic acids is 1. The van der Waals surface area contributed by atoms with Gasteiger partial charge in [-0.05, 0) is 32.1 Å². The normalized spacial score (nSPS) is 12.5. The van der Waals surface area contributed by atoms with E-state index in [4.69, 9.17) is 14.4 Å². The Bertz CT molecular complexity index is 753. The number of ether oxygens (including phenoxy) is 2. The number of carbonyl (C=O) groups excluding carboxylic acids is 2. The van der Waals surface area contributed by atoms with Crippen LogP contribution in [0.15, 0.2) is 12.2 Å². The number of allylic oxidation sites excluding steroid dienone is 2. The maximum atomic E-state index is 11.8. The third kappa shape index (κ3) is 22.9. The lowest BCUT2D eigenvalue weighted by Gasteiger charge is -2.10. The fraction of sp³-hybridized carbons (Fsp3) is 0.808. The molecule has 11 heteroatoms. The van der Waals surface area contributed by atoms with Gasteiger partial charge in [0.15, 0.2) is 5.25 Å². The number of carboxylic acids is 1. The molecule has 0 fully saturated rings. The SMILES string of the molecule is CCCCCCCC/C=C\CCCCCCCC(=O)NCCOCCOC(=O)CC(C(=O)O)S(=O)(=O)O. The van der Waals surface area contributed by atoms with Crippen LogP contribution in [0, 0.1) is 0 Å². The zero-order valence-electron chi connectivity index (χ0n) is 22.3. The zero-order chi connectivity index (χ0) is 27.8. The molecule has 216 valence electrons. The van der Waals surface area contributed by atoms with Crippen molar-refractivity contribution in [2.75, 3.05) is 26.4 Å². The molecule has 0 bridgehead atoms. The molecule has 0 spiro atoms. The summed E-state index contributed by atoms with van der Waals surface area (Å²) in [4.78, 5) is 34.1. The Kier molecular flexibility index (Phi) is 21.9. The summed E-state index contributed by atoms with van der Waals surface area (Å²) in [5.41, 5.74) is 0. The van der Waals surface area contributed by atoms with Crippen LogP contribution in [0.1, 0.15) is 103 Å². The molecule has 1 unspecified atom stereocenters. The van der Waals surface area contributed by atoms with Crippen molar-refractivity contribution in [2.45, 2.75) is 108 Å². The molecule has 1 amide bonds. The van der Waals surface area contributed by atoms with Gasteiger partial charge in [-0.2, -0.15) is 8.42 Å². The second-order valence-electron chi connectivity index (χ2n) is 9.06. The number of unbranched alkanes of at least 4 members (excludes halogenated alkanes) is 11. The van der Waals surface area contributed by atoms with Crippen molar-refractivity contribution >= 4 is 28.0 Å². The van der Waals surface area contributed by atoms with Gasteiger partial charge in [0.25, 0.3) is 10.1 Å². The summed E-state index contributed by atoms with van der Waals surface area (Å²) < 4.78 is 40.5. The molecule has 0 saturated carbocycles. The van der Waals surface area contributed by atoms with Crippen molar-refractivity contribution in [1.29, 1.82) is 0 Å². The number of carbonyl (C=O) groups is 3. The first-order valence-electron chi connectivity index (χ1n) is 13.5. The molecule has 0 aromatic heterocycles. The Balaban J connectivity index is 3.51. The standard InChI is InChI=1S/C26H47NO9S/c1-2-3-4-5-6-7-8-9-10-11-12-13-14-15-16-17-24(28)27-18-19-35-20-21-36-25(29)22-23(26(30)31)37(32,33)34/h9-10,23H,2-8,11-22H2,1H3,(H,27,28)(H,30,31)(H,32,33,34)/b10-9-.